The fraction of sp³-hybridized carbons (Fsp3) is 0.364. The molecule has 16 heavy (non-hydrogen) atoms. The largest absolute Gasteiger partial charge is 0.322 e. The molecule has 1 rings (SSSR count). The fourth-order valence-electron chi connectivity index (χ4n) is 1.11. The van der Waals surface area contributed by atoms with Gasteiger partial charge in [-0.15, -0.1) is 0 Å². The molecule has 0 bridgehead atoms. The summed E-state index contributed by atoms with van der Waals surface area (Å²) in [6.45, 7) is 3.67. The van der Waals surface area contributed by atoms with Crippen LogP contribution in [0.2, 0.25) is 0 Å². The van der Waals surface area contributed by atoms with E-state index in [0.29, 0.717) is 4.47 Å². The van der Waals surface area contributed by atoms with E-state index in [-0.39, 0.29) is 17.5 Å². The maximum atomic E-state index is 13.4. The maximum Gasteiger partial charge on any atom is 0.241 e. The standard InChI is InChI=1S/C11H14BrFN2O/c1-6(2)10(14)11(16)15-9-4-3-7(12)5-8(9)13/h3-6,10H,14H2,1-2H3,(H,15,16)/t10-/m1/s1. The molecule has 1 aromatic carbocycles. The molecule has 0 fully saturated rings. The Bertz CT molecular complexity index is 396. The smallest absolute Gasteiger partial charge is 0.241 e. The third-order valence-corrected chi connectivity index (χ3v) is 2.70. The van der Waals surface area contributed by atoms with Crippen molar-refractivity contribution < 1.29 is 9.18 Å². The van der Waals surface area contributed by atoms with Crippen molar-refractivity contribution in [2.45, 2.75) is 19.9 Å². The molecule has 1 amide bonds. The lowest BCUT2D eigenvalue weighted by Crippen LogP contribution is -2.39. The highest BCUT2D eigenvalue weighted by molar-refractivity contribution is 9.10. The number of rotatable bonds is 3. The Balaban J connectivity index is 2.77. The molecular weight excluding hydrogens is 275 g/mol. The average Bonchev–Trinajstić information content (AvgIpc) is 2.20. The van der Waals surface area contributed by atoms with Gasteiger partial charge in [0.1, 0.15) is 5.82 Å². The molecule has 0 aromatic heterocycles. The zero-order valence-corrected chi connectivity index (χ0v) is 10.7. The molecule has 1 aromatic rings. The van der Waals surface area contributed by atoms with Gasteiger partial charge in [-0.2, -0.15) is 0 Å². The molecule has 88 valence electrons. The zero-order chi connectivity index (χ0) is 12.3. The summed E-state index contributed by atoms with van der Waals surface area (Å²) in [6.07, 6.45) is 0. The lowest BCUT2D eigenvalue weighted by molar-refractivity contribution is -0.118. The average molecular weight is 289 g/mol. The third kappa shape index (κ3) is 3.28. The van der Waals surface area contributed by atoms with Crippen molar-refractivity contribution in [3.63, 3.8) is 0 Å². The molecule has 0 spiro atoms. The van der Waals surface area contributed by atoms with Crippen LogP contribution < -0.4 is 11.1 Å². The highest BCUT2D eigenvalue weighted by Gasteiger charge is 2.18. The van der Waals surface area contributed by atoms with Gasteiger partial charge in [-0.05, 0) is 24.1 Å². The molecule has 0 aliphatic heterocycles. The van der Waals surface area contributed by atoms with Gasteiger partial charge in [-0.1, -0.05) is 29.8 Å². The Kier molecular flexibility index (Phi) is 4.44. The number of halogens is 2. The van der Waals surface area contributed by atoms with Crippen LogP contribution in [0.15, 0.2) is 22.7 Å². The van der Waals surface area contributed by atoms with Crippen LogP contribution in [0.1, 0.15) is 13.8 Å². The van der Waals surface area contributed by atoms with Gasteiger partial charge in [0, 0.05) is 4.47 Å². The SMILES string of the molecule is CC(C)[C@@H](N)C(=O)Nc1ccc(Br)cc1F. The summed E-state index contributed by atoms with van der Waals surface area (Å²) in [4.78, 5) is 11.6. The maximum absolute atomic E-state index is 13.4. The van der Waals surface area contributed by atoms with Crippen LogP contribution in [-0.2, 0) is 4.79 Å². The predicted octanol–water partition coefficient (Wildman–Crippen LogP) is 2.51. The van der Waals surface area contributed by atoms with Crippen molar-refractivity contribution in [2.24, 2.45) is 11.7 Å². The lowest BCUT2D eigenvalue weighted by atomic mass is 10.0. The van der Waals surface area contributed by atoms with Crippen molar-refractivity contribution in [3.8, 4) is 0 Å². The molecule has 0 heterocycles. The van der Waals surface area contributed by atoms with Crippen LogP contribution >= 0.6 is 15.9 Å². The minimum absolute atomic E-state index is 0.0125. The summed E-state index contributed by atoms with van der Waals surface area (Å²) >= 11 is 3.14. The normalized spacial score (nSPS) is 12.6. The van der Waals surface area contributed by atoms with E-state index < -0.39 is 11.9 Å². The van der Waals surface area contributed by atoms with E-state index in [1.54, 1.807) is 6.07 Å². The van der Waals surface area contributed by atoms with E-state index in [2.05, 4.69) is 21.2 Å². The second-order valence-corrected chi connectivity index (χ2v) is 4.80. The Hall–Kier alpha value is -0.940. The Labute approximate surface area is 102 Å². The third-order valence-electron chi connectivity index (χ3n) is 2.21. The number of carbonyl (C=O) groups is 1. The number of hydrogen-bond acceptors (Lipinski definition) is 2. The lowest BCUT2D eigenvalue weighted by Gasteiger charge is -2.15. The second-order valence-electron chi connectivity index (χ2n) is 3.88. The molecule has 0 aliphatic carbocycles. The van der Waals surface area contributed by atoms with Crippen LogP contribution in [0.25, 0.3) is 0 Å². The van der Waals surface area contributed by atoms with E-state index in [9.17, 15) is 9.18 Å². The van der Waals surface area contributed by atoms with Crippen LogP contribution in [0.5, 0.6) is 0 Å². The van der Waals surface area contributed by atoms with Crippen LogP contribution in [0, 0.1) is 11.7 Å². The molecular formula is C11H14BrFN2O. The van der Waals surface area contributed by atoms with Crippen LogP contribution in [-0.4, -0.2) is 11.9 Å². The van der Waals surface area contributed by atoms with Crippen LogP contribution in [0.3, 0.4) is 0 Å². The number of carbonyl (C=O) groups excluding carboxylic acids is 1. The number of amides is 1. The van der Waals surface area contributed by atoms with Crippen molar-refractivity contribution >= 4 is 27.5 Å². The Morgan fingerprint density at radius 1 is 1.50 bits per heavy atom. The first-order chi connectivity index (χ1) is 7.41. The van der Waals surface area contributed by atoms with E-state index in [1.165, 1.54) is 12.1 Å². The number of hydrogen-bond donors (Lipinski definition) is 2. The molecule has 0 aliphatic rings. The molecule has 0 saturated carbocycles. The van der Waals surface area contributed by atoms with Gasteiger partial charge in [0.25, 0.3) is 0 Å². The second kappa shape index (κ2) is 5.41. The van der Waals surface area contributed by atoms with Gasteiger partial charge in [0.05, 0.1) is 11.7 Å². The van der Waals surface area contributed by atoms with E-state index in [0.717, 1.165) is 0 Å². The first kappa shape index (κ1) is 13.1. The summed E-state index contributed by atoms with van der Waals surface area (Å²) in [5.74, 6) is -0.853. The monoisotopic (exact) mass is 288 g/mol. The Morgan fingerprint density at radius 2 is 2.12 bits per heavy atom. The first-order valence-electron chi connectivity index (χ1n) is 4.93. The van der Waals surface area contributed by atoms with Crippen molar-refractivity contribution in [3.05, 3.63) is 28.5 Å². The molecule has 1 atom stereocenters. The van der Waals surface area contributed by atoms with Crippen molar-refractivity contribution in [1.82, 2.24) is 0 Å². The quantitative estimate of drug-likeness (QED) is 0.898. The highest BCUT2D eigenvalue weighted by atomic mass is 79.9. The van der Waals surface area contributed by atoms with Gasteiger partial charge >= 0.3 is 0 Å². The van der Waals surface area contributed by atoms with Crippen LogP contribution in [0.4, 0.5) is 10.1 Å². The molecule has 5 heteroatoms. The predicted molar refractivity (Wildman–Crippen MR) is 65.5 cm³/mol. The number of anilines is 1. The molecule has 0 radical (unpaired) electrons. The van der Waals surface area contributed by atoms with Gasteiger partial charge < -0.3 is 11.1 Å². The molecule has 3 N–H and O–H groups in total. The molecule has 0 unspecified atom stereocenters. The topological polar surface area (TPSA) is 55.1 Å². The Morgan fingerprint density at radius 3 is 2.62 bits per heavy atom. The summed E-state index contributed by atoms with van der Waals surface area (Å²) < 4.78 is 14.0. The summed E-state index contributed by atoms with van der Waals surface area (Å²) in [7, 11) is 0. The summed E-state index contributed by atoms with van der Waals surface area (Å²) in [5, 5.41) is 2.46. The minimum atomic E-state index is -0.636. The number of nitrogens with two attached hydrogens (primary N) is 1. The number of nitrogens with one attached hydrogen (secondary N) is 1. The van der Waals surface area contributed by atoms with E-state index in [4.69, 9.17) is 5.73 Å². The zero-order valence-electron chi connectivity index (χ0n) is 9.13. The first-order valence-corrected chi connectivity index (χ1v) is 5.72. The van der Waals surface area contributed by atoms with Crippen molar-refractivity contribution in [1.29, 1.82) is 0 Å². The molecule has 0 saturated heterocycles. The van der Waals surface area contributed by atoms with Gasteiger partial charge in [-0.3, -0.25) is 4.79 Å². The fourth-order valence-corrected chi connectivity index (χ4v) is 1.44. The molecule has 3 nitrogen and oxygen atoms in total. The minimum Gasteiger partial charge on any atom is -0.322 e. The van der Waals surface area contributed by atoms with Gasteiger partial charge in [0.15, 0.2) is 0 Å². The number of benzene rings is 1. The summed E-state index contributed by atoms with van der Waals surface area (Å²) in [6, 6.07) is 3.79. The summed E-state index contributed by atoms with van der Waals surface area (Å²) in [5.41, 5.74) is 5.79. The van der Waals surface area contributed by atoms with Gasteiger partial charge in [-0.25, -0.2) is 4.39 Å². The highest BCUT2D eigenvalue weighted by Crippen LogP contribution is 2.19. The van der Waals surface area contributed by atoms with E-state index in [1.807, 2.05) is 13.8 Å². The van der Waals surface area contributed by atoms with E-state index >= 15 is 0 Å². The van der Waals surface area contributed by atoms with Gasteiger partial charge in [0.2, 0.25) is 5.91 Å². The van der Waals surface area contributed by atoms with Crippen molar-refractivity contribution in [2.75, 3.05) is 5.32 Å².